The van der Waals surface area contributed by atoms with E-state index in [4.69, 9.17) is 9.47 Å². The Morgan fingerprint density at radius 2 is 1.68 bits per heavy atom. The highest BCUT2D eigenvalue weighted by atomic mass is 16.5. The first kappa shape index (κ1) is 34.0. The van der Waals surface area contributed by atoms with E-state index in [0.717, 1.165) is 29.7 Å². The number of ether oxygens (including phenoxy) is 2. The summed E-state index contributed by atoms with van der Waals surface area (Å²) in [7, 11) is 1.62. The SMILES string of the molecule is COc1ccc(/C=C/C(=O)O[C@@H]2CC[C@@]3(C)C(CC[C@]4(C)C3C(=O)C=C3C5[C@@H](C)[C@H](C)CC[C@]5(C)CC[C@]34C)[C@@]2(C)C(=O)O)cc1C. The Labute approximate surface area is 281 Å². The van der Waals surface area contributed by atoms with Gasteiger partial charge in [0.15, 0.2) is 5.78 Å². The number of carboxylic acids is 1. The molecule has 0 saturated heterocycles. The fourth-order valence-electron chi connectivity index (χ4n) is 12.2. The van der Waals surface area contributed by atoms with Gasteiger partial charge in [0.25, 0.3) is 0 Å². The van der Waals surface area contributed by atoms with Gasteiger partial charge in [0.2, 0.25) is 0 Å². The van der Waals surface area contributed by atoms with E-state index in [2.05, 4.69) is 47.6 Å². The second-order valence-corrected chi connectivity index (χ2v) is 17.4. The number of hydrogen-bond donors (Lipinski definition) is 1. The van der Waals surface area contributed by atoms with Gasteiger partial charge in [0.05, 0.1) is 7.11 Å². The zero-order valence-electron chi connectivity index (χ0n) is 30.1. The molecule has 6 nitrogen and oxygen atoms in total. The van der Waals surface area contributed by atoms with Crippen molar-refractivity contribution in [1.82, 2.24) is 0 Å². The molecule has 1 N–H and O–H groups in total. The lowest BCUT2D eigenvalue weighted by Crippen LogP contribution is -2.68. The number of aliphatic carboxylic acids is 1. The van der Waals surface area contributed by atoms with Gasteiger partial charge in [-0.25, -0.2) is 4.79 Å². The zero-order valence-corrected chi connectivity index (χ0v) is 30.1. The van der Waals surface area contributed by atoms with Crippen LogP contribution in [0.25, 0.3) is 6.08 Å². The molecule has 0 aromatic heterocycles. The summed E-state index contributed by atoms with van der Waals surface area (Å²) in [5.41, 5.74) is 1.21. The van der Waals surface area contributed by atoms with Crippen LogP contribution in [0.15, 0.2) is 35.9 Å². The minimum Gasteiger partial charge on any atom is -0.496 e. The van der Waals surface area contributed by atoms with Crippen molar-refractivity contribution in [3.8, 4) is 5.75 Å². The molecule has 0 bridgehead atoms. The van der Waals surface area contributed by atoms with E-state index in [-0.39, 0.29) is 33.9 Å². The second kappa shape index (κ2) is 11.3. The highest BCUT2D eigenvalue weighted by Crippen LogP contribution is 2.75. The summed E-state index contributed by atoms with van der Waals surface area (Å²) in [6.07, 6.45) is 11.6. The van der Waals surface area contributed by atoms with E-state index in [1.54, 1.807) is 20.1 Å². The maximum atomic E-state index is 14.7. The van der Waals surface area contributed by atoms with Gasteiger partial charge in [-0.3, -0.25) is 9.59 Å². The van der Waals surface area contributed by atoms with Gasteiger partial charge in [0.1, 0.15) is 17.3 Å². The third-order valence-electron chi connectivity index (χ3n) is 15.3. The average molecular weight is 645 g/mol. The van der Waals surface area contributed by atoms with Crippen molar-refractivity contribution in [2.75, 3.05) is 7.11 Å². The molecule has 47 heavy (non-hydrogen) atoms. The number of methoxy groups -OCH3 is 1. The zero-order chi connectivity index (χ0) is 34.3. The Morgan fingerprint density at radius 3 is 2.34 bits per heavy atom. The Balaban J connectivity index is 1.31. The highest BCUT2D eigenvalue weighted by Gasteiger charge is 2.72. The summed E-state index contributed by atoms with van der Waals surface area (Å²) in [6.45, 7) is 17.9. The number of fused-ring (bicyclic) bond motifs is 7. The fourth-order valence-corrected chi connectivity index (χ4v) is 12.2. The minimum absolute atomic E-state index is 0.109. The smallest absolute Gasteiger partial charge is 0.331 e. The van der Waals surface area contributed by atoms with Gasteiger partial charge in [-0.05, 0) is 146 Å². The van der Waals surface area contributed by atoms with Crippen LogP contribution in [0.5, 0.6) is 5.75 Å². The van der Waals surface area contributed by atoms with E-state index in [1.165, 1.54) is 30.9 Å². The van der Waals surface area contributed by atoms with Crippen molar-refractivity contribution in [3.05, 3.63) is 47.1 Å². The van der Waals surface area contributed by atoms with Crippen LogP contribution >= 0.6 is 0 Å². The lowest BCUT2D eigenvalue weighted by molar-refractivity contribution is -0.220. The summed E-state index contributed by atoms with van der Waals surface area (Å²) < 4.78 is 11.4. The molecule has 5 aliphatic rings. The molecule has 4 fully saturated rings. The van der Waals surface area contributed by atoms with Gasteiger partial charge in [0, 0.05) is 12.0 Å². The molecule has 11 atom stereocenters. The Morgan fingerprint density at radius 1 is 0.957 bits per heavy atom. The fraction of sp³-hybridized carbons (Fsp3) is 0.683. The van der Waals surface area contributed by atoms with Crippen LogP contribution in [0, 0.1) is 63.6 Å². The molecular weight excluding hydrogens is 588 g/mol. The largest absolute Gasteiger partial charge is 0.496 e. The second-order valence-electron chi connectivity index (χ2n) is 17.4. The third kappa shape index (κ3) is 4.81. The number of carbonyl (C=O) groups is 3. The van der Waals surface area contributed by atoms with Gasteiger partial charge in [-0.1, -0.05) is 53.2 Å². The van der Waals surface area contributed by atoms with Gasteiger partial charge in [-0.15, -0.1) is 0 Å². The number of aryl methyl sites for hydroxylation is 1. The van der Waals surface area contributed by atoms with Crippen LogP contribution in [0.1, 0.15) is 111 Å². The van der Waals surface area contributed by atoms with Crippen LogP contribution in [-0.4, -0.2) is 36.0 Å². The quantitative estimate of drug-likeness (QED) is 0.254. The average Bonchev–Trinajstić information content (AvgIpc) is 3.00. The lowest BCUT2D eigenvalue weighted by atomic mass is 9.33. The maximum absolute atomic E-state index is 14.7. The van der Waals surface area contributed by atoms with E-state index in [0.29, 0.717) is 37.0 Å². The number of ketones is 1. The summed E-state index contributed by atoms with van der Waals surface area (Å²) in [4.78, 5) is 41.1. The summed E-state index contributed by atoms with van der Waals surface area (Å²) in [5, 5.41) is 10.9. The molecule has 256 valence electrons. The summed E-state index contributed by atoms with van der Waals surface area (Å²) >= 11 is 0. The number of hydrogen-bond acceptors (Lipinski definition) is 5. The third-order valence-corrected chi connectivity index (χ3v) is 15.3. The Kier molecular flexibility index (Phi) is 8.20. The molecule has 6 rings (SSSR count). The van der Waals surface area contributed by atoms with Crippen LogP contribution in [-0.2, 0) is 19.1 Å². The molecule has 0 spiro atoms. The number of rotatable bonds is 5. The van der Waals surface area contributed by atoms with Crippen molar-refractivity contribution in [3.63, 3.8) is 0 Å². The molecule has 5 aliphatic carbocycles. The summed E-state index contributed by atoms with van der Waals surface area (Å²) in [6, 6.07) is 5.65. The first-order valence-corrected chi connectivity index (χ1v) is 18.0. The first-order valence-electron chi connectivity index (χ1n) is 18.0. The lowest BCUT2D eigenvalue weighted by Gasteiger charge is -2.70. The molecule has 1 aromatic rings. The van der Waals surface area contributed by atoms with Gasteiger partial charge in [-0.2, -0.15) is 0 Å². The first-order chi connectivity index (χ1) is 22.0. The van der Waals surface area contributed by atoms with Crippen molar-refractivity contribution in [2.24, 2.45) is 56.7 Å². The van der Waals surface area contributed by atoms with Crippen LogP contribution < -0.4 is 4.74 Å². The molecular formula is C41H56O6. The Hall–Kier alpha value is -2.89. The number of esters is 1. The minimum atomic E-state index is -1.31. The molecule has 4 saturated carbocycles. The predicted molar refractivity (Wildman–Crippen MR) is 184 cm³/mol. The molecule has 0 heterocycles. The molecule has 0 amide bonds. The van der Waals surface area contributed by atoms with E-state index < -0.39 is 28.9 Å². The standard InChI is InChI=1S/C41H56O6/c1-24-14-17-37(4)20-21-39(6)28(34(37)26(24)3)23-29(42)35-38(5)18-16-32(41(8,36(44)45)31(38)15-19-40(35,39)7)47-33(43)13-11-27-10-12-30(46-9)25(2)22-27/h10-13,22-24,26,31-32,34-35H,14-21H2,1-9H3,(H,44,45)/b13-11+/t24-,26+,31?,32-,34?,35?,37-,38+,39-,40-,41-/m1/s1. The van der Waals surface area contributed by atoms with E-state index in [9.17, 15) is 19.5 Å². The van der Waals surface area contributed by atoms with Crippen molar-refractivity contribution in [2.45, 2.75) is 113 Å². The van der Waals surface area contributed by atoms with Gasteiger partial charge >= 0.3 is 11.9 Å². The highest BCUT2D eigenvalue weighted by molar-refractivity contribution is 5.96. The number of carboxylic acid groups (broad SMARTS) is 1. The molecule has 6 heteroatoms. The number of benzene rings is 1. The monoisotopic (exact) mass is 644 g/mol. The van der Waals surface area contributed by atoms with E-state index >= 15 is 0 Å². The van der Waals surface area contributed by atoms with Crippen LogP contribution in [0.3, 0.4) is 0 Å². The molecule has 1 aromatic carbocycles. The molecule has 0 aliphatic heterocycles. The topological polar surface area (TPSA) is 89.9 Å². The van der Waals surface area contributed by atoms with Gasteiger partial charge < -0.3 is 14.6 Å². The predicted octanol–water partition coefficient (Wildman–Crippen LogP) is 8.85. The maximum Gasteiger partial charge on any atom is 0.331 e. The van der Waals surface area contributed by atoms with Crippen molar-refractivity contribution < 1.29 is 29.0 Å². The molecule has 3 unspecified atom stereocenters. The normalized spacial score (nSPS) is 44.4. The van der Waals surface area contributed by atoms with Crippen LogP contribution in [0.4, 0.5) is 0 Å². The van der Waals surface area contributed by atoms with Crippen LogP contribution in [0.2, 0.25) is 0 Å². The number of allylic oxidation sites excluding steroid dienone is 2. The summed E-state index contributed by atoms with van der Waals surface area (Å²) in [5.74, 6) is 0.482. The van der Waals surface area contributed by atoms with E-state index in [1.807, 2.05) is 25.1 Å². The van der Waals surface area contributed by atoms with Crippen molar-refractivity contribution in [1.29, 1.82) is 0 Å². The number of carbonyl (C=O) groups excluding carboxylic acids is 2. The Bertz CT molecular complexity index is 1540. The molecule has 0 radical (unpaired) electrons. The van der Waals surface area contributed by atoms with Crippen molar-refractivity contribution >= 4 is 23.8 Å².